The molecule has 1 unspecified atom stereocenters. The van der Waals surface area contributed by atoms with Crippen molar-refractivity contribution in [3.63, 3.8) is 0 Å². The average molecular weight is 552 g/mol. The highest BCUT2D eigenvalue weighted by Gasteiger charge is 2.43. The normalized spacial score (nSPS) is 15.2. The molecule has 0 radical (unpaired) electrons. The van der Waals surface area contributed by atoms with Gasteiger partial charge < -0.3 is 14.2 Å². The summed E-state index contributed by atoms with van der Waals surface area (Å²) in [6.07, 6.45) is 1.43. The largest absolute Gasteiger partial charge is 0.414 e. The van der Waals surface area contributed by atoms with E-state index in [1.165, 1.54) is 6.20 Å². The van der Waals surface area contributed by atoms with Crippen molar-refractivity contribution >= 4 is 43.3 Å². The average Bonchev–Trinajstić information content (AvgIpc) is 3.09. The molecule has 0 saturated carbocycles. The van der Waals surface area contributed by atoms with Gasteiger partial charge in [0.1, 0.15) is 6.04 Å². The lowest BCUT2D eigenvalue weighted by Gasteiger charge is -2.41. The zero-order valence-corrected chi connectivity index (χ0v) is 25.1. The van der Waals surface area contributed by atoms with Gasteiger partial charge in [0, 0.05) is 30.3 Å². The monoisotopic (exact) mass is 550 g/mol. The lowest BCUT2D eigenvalue weighted by Crippen LogP contribution is -2.56. The van der Waals surface area contributed by atoms with E-state index >= 15 is 0 Å². The molecule has 1 aromatic carbocycles. The fraction of sp³-hybridized carbons (Fsp3) is 0.538. The van der Waals surface area contributed by atoms with Crippen molar-refractivity contribution in [2.75, 3.05) is 13.7 Å². The van der Waals surface area contributed by atoms with Crippen molar-refractivity contribution in [2.45, 2.75) is 77.8 Å². The molecule has 0 bridgehead atoms. The Morgan fingerprint density at radius 1 is 1.19 bits per heavy atom. The molecule has 36 heavy (non-hydrogen) atoms. The van der Waals surface area contributed by atoms with E-state index in [9.17, 15) is 9.59 Å². The molecule has 0 fully saturated rings. The number of hydrogen-bond acceptors (Lipinski definition) is 5. The van der Waals surface area contributed by atoms with Crippen LogP contribution in [0, 0.1) is 0 Å². The predicted octanol–water partition coefficient (Wildman–Crippen LogP) is 6.05. The summed E-state index contributed by atoms with van der Waals surface area (Å²) in [5, 5.41) is 0.382. The molecule has 0 N–H and O–H groups in total. The Labute approximate surface area is 225 Å². The Kier molecular flexibility index (Phi) is 7.97. The van der Waals surface area contributed by atoms with E-state index < -0.39 is 19.9 Å². The summed E-state index contributed by atoms with van der Waals surface area (Å²) < 4.78 is 6.47. The highest BCUT2D eigenvalue weighted by Crippen LogP contribution is 2.38. The minimum Gasteiger partial charge on any atom is -0.414 e. The van der Waals surface area contributed by atoms with E-state index in [1.807, 2.05) is 32.9 Å². The summed E-state index contributed by atoms with van der Waals surface area (Å²) in [5.74, 6) is -0.365. The molecule has 0 spiro atoms. The maximum Gasteiger partial charge on any atom is 0.255 e. The fourth-order valence-electron chi connectivity index (χ4n) is 3.62. The maximum atomic E-state index is 13.7. The maximum absolute atomic E-state index is 13.7. The lowest BCUT2D eigenvalue weighted by molar-refractivity contribution is -0.140. The van der Waals surface area contributed by atoms with Crippen LogP contribution in [0.2, 0.25) is 28.4 Å². The van der Waals surface area contributed by atoms with Crippen LogP contribution in [0.25, 0.3) is 11.3 Å². The summed E-state index contributed by atoms with van der Waals surface area (Å²) in [5.41, 5.74) is 2.06. The third-order valence-electron chi connectivity index (χ3n) is 7.34. The number of likely N-dealkylation sites (N-methyl/N-ethyl adjacent to an activating group) is 1. The Bertz CT molecular complexity index is 1170. The van der Waals surface area contributed by atoms with Crippen LogP contribution >= 0.6 is 23.2 Å². The summed E-state index contributed by atoms with van der Waals surface area (Å²) >= 11 is 12.3. The first-order valence-corrected chi connectivity index (χ1v) is 15.6. The lowest BCUT2D eigenvalue weighted by atomic mass is 10.0. The molecule has 1 aliphatic heterocycles. The van der Waals surface area contributed by atoms with Crippen molar-refractivity contribution in [2.24, 2.45) is 0 Å². The molecule has 196 valence electrons. The van der Waals surface area contributed by atoms with Gasteiger partial charge in [-0.15, -0.1) is 0 Å². The highest BCUT2D eigenvalue weighted by atomic mass is 35.5. The number of halogens is 2. The minimum atomic E-state index is -2.16. The van der Waals surface area contributed by atoms with Gasteiger partial charge in [0.2, 0.25) is 11.2 Å². The highest BCUT2D eigenvalue weighted by molar-refractivity contribution is 6.74. The number of nitrogens with zero attached hydrogens (tertiary/aromatic N) is 4. The zero-order chi connectivity index (χ0) is 27.2. The van der Waals surface area contributed by atoms with Gasteiger partial charge in [0.05, 0.1) is 23.5 Å². The van der Waals surface area contributed by atoms with Gasteiger partial charge in [0.25, 0.3) is 5.91 Å². The van der Waals surface area contributed by atoms with Crippen LogP contribution < -0.4 is 0 Å². The molecule has 10 heteroatoms. The molecular formula is C26H36Cl2N4O3Si. The molecule has 3 rings (SSSR count). The molecule has 2 amide bonds. The second-order valence-electron chi connectivity index (χ2n) is 11.8. The quantitative estimate of drug-likeness (QED) is 0.323. The van der Waals surface area contributed by atoms with Crippen LogP contribution in [0.5, 0.6) is 0 Å². The first-order valence-electron chi connectivity index (χ1n) is 12.0. The predicted molar refractivity (Wildman–Crippen MR) is 147 cm³/mol. The van der Waals surface area contributed by atoms with Crippen molar-refractivity contribution in [3.8, 4) is 11.3 Å². The first-order chi connectivity index (χ1) is 16.4. The van der Waals surface area contributed by atoms with Crippen LogP contribution in [-0.2, 0) is 15.8 Å². The fourth-order valence-corrected chi connectivity index (χ4v) is 4.96. The summed E-state index contributed by atoms with van der Waals surface area (Å²) in [6.45, 7) is 17.1. The van der Waals surface area contributed by atoms with Crippen LogP contribution in [-0.4, -0.2) is 65.1 Å². The van der Waals surface area contributed by atoms with Gasteiger partial charge in [-0.25, -0.2) is 9.97 Å². The van der Waals surface area contributed by atoms with E-state index in [4.69, 9.17) is 27.6 Å². The number of hydrogen-bond donors (Lipinski definition) is 0. The second kappa shape index (κ2) is 10.0. The third kappa shape index (κ3) is 5.77. The summed E-state index contributed by atoms with van der Waals surface area (Å²) in [4.78, 5) is 38.9. The second-order valence-corrected chi connectivity index (χ2v) is 17.4. The minimum absolute atomic E-state index is 0.0263. The van der Waals surface area contributed by atoms with E-state index in [-0.39, 0.29) is 28.7 Å². The SMILES string of the molecule is CN(C(=O)C(CO[Si](C)(C)C(C)(C)C)N1Cc2ccc(-c3nc(Cl)ncc3Cl)cc2C1=O)C(C)(C)C. The number of aromatic nitrogens is 2. The number of carbonyl (C=O) groups is 2. The number of rotatable bonds is 6. The number of carbonyl (C=O) groups excluding carboxylic acids is 2. The van der Waals surface area contributed by atoms with Crippen LogP contribution in [0.4, 0.5) is 0 Å². The smallest absolute Gasteiger partial charge is 0.255 e. The first kappa shape index (κ1) is 28.6. The molecule has 1 atom stereocenters. The molecule has 2 heterocycles. The number of benzene rings is 1. The Morgan fingerprint density at radius 2 is 1.83 bits per heavy atom. The Balaban J connectivity index is 1.97. The van der Waals surface area contributed by atoms with Crippen LogP contribution in [0.1, 0.15) is 57.5 Å². The van der Waals surface area contributed by atoms with Crippen molar-refractivity contribution < 1.29 is 14.0 Å². The van der Waals surface area contributed by atoms with Gasteiger partial charge in [-0.2, -0.15) is 0 Å². The van der Waals surface area contributed by atoms with Crippen LogP contribution in [0.15, 0.2) is 24.4 Å². The molecule has 2 aromatic rings. The van der Waals surface area contributed by atoms with E-state index in [1.54, 1.807) is 22.9 Å². The van der Waals surface area contributed by atoms with Gasteiger partial charge in [-0.3, -0.25) is 9.59 Å². The van der Waals surface area contributed by atoms with Crippen molar-refractivity contribution in [3.05, 3.63) is 45.8 Å². The van der Waals surface area contributed by atoms with Crippen LogP contribution in [0.3, 0.4) is 0 Å². The van der Waals surface area contributed by atoms with Gasteiger partial charge >= 0.3 is 0 Å². The third-order valence-corrected chi connectivity index (χ3v) is 12.3. The number of amides is 2. The zero-order valence-electron chi connectivity index (χ0n) is 22.6. The van der Waals surface area contributed by atoms with E-state index in [0.29, 0.717) is 28.4 Å². The molecule has 0 aliphatic carbocycles. The van der Waals surface area contributed by atoms with Gasteiger partial charge in [0.15, 0.2) is 8.32 Å². The Hall–Kier alpha value is -2.00. The molecule has 1 aliphatic rings. The Morgan fingerprint density at radius 3 is 2.42 bits per heavy atom. The van der Waals surface area contributed by atoms with Gasteiger partial charge in [-0.05, 0) is 62.1 Å². The van der Waals surface area contributed by atoms with Crippen molar-refractivity contribution in [1.29, 1.82) is 0 Å². The molecule has 0 saturated heterocycles. The molecule has 1 aromatic heterocycles. The van der Waals surface area contributed by atoms with Gasteiger partial charge in [-0.1, -0.05) is 44.5 Å². The molecular weight excluding hydrogens is 515 g/mol. The number of fused-ring (bicyclic) bond motifs is 1. The standard InChI is InChI=1S/C26H36Cl2N4O3Si/c1-25(2,3)31(7)23(34)20(15-35-36(8,9)26(4,5)6)32-14-17-11-10-16(12-18(17)22(32)33)21-19(27)13-29-24(28)30-21/h10-13,20H,14-15H2,1-9H3. The molecule has 7 nitrogen and oxygen atoms in total. The summed E-state index contributed by atoms with van der Waals surface area (Å²) in [6, 6.07) is 4.73. The topological polar surface area (TPSA) is 75.6 Å². The van der Waals surface area contributed by atoms with E-state index in [2.05, 4.69) is 43.8 Å². The summed E-state index contributed by atoms with van der Waals surface area (Å²) in [7, 11) is -0.390. The van der Waals surface area contributed by atoms with Crippen molar-refractivity contribution in [1.82, 2.24) is 19.8 Å². The van der Waals surface area contributed by atoms with E-state index in [0.717, 1.165) is 5.56 Å².